The van der Waals surface area contributed by atoms with Crippen LogP contribution in [0.4, 0.5) is 0 Å². The maximum Gasteiger partial charge on any atom is 0.0504 e. The van der Waals surface area contributed by atoms with Gasteiger partial charge >= 0.3 is 0 Å². The largest absolute Gasteiger partial charge is 0.326 e. The number of aryl methyl sites for hydroxylation is 1. The molecule has 0 bridgehead atoms. The van der Waals surface area contributed by atoms with Gasteiger partial charge in [-0.15, -0.1) is 0 Å². The molecule has 1 aliphatic carbocycles. The van der Waals surface area contributed by atoms with Gasteiger partial charge in [0.2, 0.25) is 0 Å². The summed E-state index contributed by atoms with van der Waals surface area (Å²) in [6, 6.07) is 10.1. The topological polar surface area (TPSA) is 29.3 Å². The minimum atomic E-state index is 0.221. The third-order valence-electron chi connectivity index (χ3n) is 4.72. The predicted octanol–water partition coefficient (Wildman–Crippen LogP) is 4.28. The average molecular weight is 288 g/mol. The standard InChI is InChI=1S/C19H32N2/c1-5-18(20)19(17-9-7-6-8-15(17)4)21(16-10-11-16)13-12-14(2)3/h6-9,14,16,18-19H,5,10-13,20H2,1-4H3. The van der Waals surface area contributed by atoms with Gasteiger partial charge in [-0.05, 0) is 56.2 Å². The first kappa shape index (κ1) is 16.5. The van der Waals surface area contributed by atoms with E-state index in [0.717, 1.165) is 18.4 Å². The van der Waals surface area contributed by atoms with Gasteiger partial charge in [0, 0.05) is 12.1 Å². The Balaban J connectivity index is 2.26. The van der Waals surface area contributed by atoms with Gasteiger partial charge in [0.15, 0.2) is 0 Å². The summed E-state index contributed by atoms with van der Waals surface area (Å²) >= 11 is 0. The molecule has 0 aliphatic heterocycles. The highest BCUT2D eigenvalue weighted by molar-refractivity contribution is 5.30. The van der Waals surface area contributed by atoms with Crippen molar-refractivity contribution in [1.82, 2.24) is 4.90 Å². The van der Waals surface area contributed by atoms with E-state index >= 15 is 0 Å². The van der Waals surface area contributed by atoms with Crippen LogP contribution >= 0.6 is 0 Å². The van der Waals surface area contributed by atoms with Crippen molar-refractivity contribution in [3.8, 4) is 0 Å². The van der Waals surface area contributed by atoms with Crippen molar-refractivity contribution >= 4 is 0 Å². The van der Waals surface area contributed by atoms with Crippen molar-refractivity contribution in [3.05, 3.63) is 35.4 Å². The van der Waals surface area contributed by atoms with Gasteiger partial charge in [0.1, 0.15) is 0 Å². The van der Waals surface area contributed by atoms with Crippen LogP contribution in [0.15, 0.2) is 24.3 Å². The van der Waals surface area contributed by atoms with E-state index in [2.05, 4.69) is 56.9 Å². The van der Waals surface area contributed by atoms with Crippen LogP contribution in [0.3, 0.4) is 0 Å². The molecule has 2 rings (SSSR count). The van der Waals surface area contributed by atoms with Crippen LogP contribution in [0, 0.1) is 12.8 Å². The lowest BCUT2D eigenvalue weighted by molar-refractivity contribution is 0.150. The zero-order valence-electron chi connectivity index (χ0n) is 14.2. The molecule has 2 nitrogen and oxygen atoms in total. The quantitative estimate of drug-likeness (QED) is 0.773. The van der Waals surface area contributed by atoms with Crippen molar-refractivity contribution in [2.24, 2.45) is 11.7 Å². The second-order valence-electron chi connectivity index (χ2n) is 7.03. The van der Waals surface area contributed by atoms with Crippen molar-refractivity contribution in [3.63, 3.8) is 0 Å². The highest BCUT2D eigenvalue weighted by atomic mass is 15.2. The number of benzene rings is 1. The minimum absolute atomic E-state index is 0.221. The van der Waals surface area contributed by atoms with Crippen LogP contribution in [0.2, 0.25) is 0 Å². The Hall–Kier alpha value is -0.860. The average Bonchev–Trinajstić information content (AvgIpc) is 3.28. The molecule has 118 valence electrons. The second-order valence-corrected chi connectivity index (χ2v) is 7.03. The van der Waals surface area contributed by atoms with Crippen molar-refractivity contribution in [2.45, 2.75) is 71.5 Å². The molecular formula is C19H32N2. The summed E-state index contributed by atoms with van der Waals surface area (Å²) < 4.78 is 0. The molecule has 2 atom stereocenters. The third kappa shape index (κ3) is 4.31. The number of nitrogens with zero attached hydrogens (tertiary/aromatic N) is 1. The Bertz CT molecular complexity index is 437. The fourth-order valence-corrected chi connectivity index (χ4v) is 3.16. The summed E-state index contributed by atoms with van der Waals surface area (Å²) in [5.41, 5.74) is 9.36. The van der Waals surface area contributed by atoms with Crippen LogP contribution in [-0.4, -0.2) is 23.5 Å². The molecule has 0 amide bonds. The summed E-state index contributed by atoms with van der Waals surface area (Å²) in [6.45, 7) is 10.2. The van der Waals surface area contributed by atoms with E-state index in [4.69, 9.17) is 5.73 Å². The van der Waals surface area contributed by atoms with E-state index in [-0.39, 0.29) is 6.04 Å². The smallest absolute Gasteiger partial charge is 0.0504 e. The molecule has 0 spiro atoms. The molecular weight excluding hydrogens is 256 g/mol. The van der Waals surface area contributed by atoms with Crippen LogP contribution in [0.25, 0.3) is 0 Å². The van der Waals surface area contributed by atoms with E-state index in [1.807, 2.05) is 0 Å². The van der Waals surface area contributed by atoms with Crippen molar-refractivity contribution in [2.75, 3.05) is 6.54 Å². The SMILES string of the molecule is CCC(N)C(c1ccccc1C)N(CCC(C)C)C1CC1. The highest BCUT2D eigenvalue weighted by Gasteiger charge is 2.37. The molecule has 2 unspecified atom stereocenters. The predicted molar refractivity (Wildman–Crippen MR) is 91.4 cm³/mol. The summed E-state index contributed by atoms with van der Waals surface area (Å²) in [6.07, 6.45) is 4.98. The highest BCUT2D eigenvalue weighted by Crippen LogP contribution is 2.37. The zero-order chi connectivity index (χ0) is 15.4. The lowest BCUT2D eigenvalue weighted by Gasteiger charge is -2.37. The molecule has 0 saturated heterocycles. The first-order valence-electron chi connectivity index (χ1n) is 8.61. The summed E-state index contributed by atoms with van der Waals surface area (Å²) in [4.78, 5) is 2.70. The van der Waals surface area contributed by atoms with Gasteiger partial charge in [-0.3, -0.25) is 4.90 Å². The van der Waals surface area contributed by atoms with E-state index in [0.29, 0.717) is 6.04 Å². The third-order valence-corrected chi connectivity index (χ3v) is 4.72. The molecule has 1 saturated carbocycles. The van der Waals surface area contributed by atoms with Gasteiger partial charge in [-0.1, -0.05) is 45.0 Å². The van der Waals surface area contributed by atoms with E-state index in [9.17, 15) is 0 Å². The molecule has 0 radical (unpaired) electrons. The molecule has 21 heavy (non-hydrogen) atoms. The first-order chi connectivity index (χ1) is 10.0. The van der Waals surface area contributed by atoms with E-state index in [1.54, 1.807) is 0 Å². The van der Waals surface area contributed by atoms with E-state index < -0.39 is 0 Å². The van der Waals surface area contributed by atoms with Crippen LogP contribution in [0.5, 0.6) is 0 Å². The Labute approximate surface area is 130 Å². The second kappa shape index (κ2) is 7.42. The summed E-state index contributed by atoms with van der Waals surface area (Å²) in [7, 11) is 0. The van der Waals surface area contributed by atoms with Crippen molar-refractivity contribution < 1.29 is 0 Å². The Kier molecular flexibility index (Phi) is 5.83. The molecule has 0 aromatic heterocycles. The molecule has 1 aromatic rings. The monoisotopic (exact) mass is 288 g/mol. The molecule has 2 N–H and O–H groups in total. The Morgan fingerprint density at radius 3 is 2.43 bits per heavy atom. The number of hydrogen-bond donors (Lipinski definition) is 1. The van der Waals surface area contributed by atoms with Gasteiger partial charge in [-0.2, -0.15) is 0 Å². The maximum atomic E-state index is 6.55. The van der Waals surface area contributed by atoms with Crippen LogP contribution in [-0.2, 0) is 0 Å². The fraction of sp³-hybridized carbons (Fsp3) is 0.684. The van der Waals surface area contributed by atoms with Gasteiger partial charge < -0.3 is 5.73 Å². The molecule has 2 heteroatoms. The number of nitrogens with two attached hydrogens (primary N) is 1. The minimum Gasteiger partial charge on any atom is -0.326 e. The van der Waals surface area contributed by atoms with Gasteiger partial charge in [0.25, 0.3) is 0 Å². The molecule has 1 aromatic carbocycles. The zero-order valence-corrected chi connectivity index (χ0v) is 14.2. The molecule has 0 heterocycles. The number of hydrogen-bond acceptors (Lipinski definition) is 2. The summed E-state index contributed by atoms with van der Waals surface area (Å²) in [5, 5.41) is 0. The van der Waals surface area contributed by atoms with Crippen molar-refractivity contribution in [1.29, 1.82) is 0 Å². The molecule has 1 aliphatic rings. The maximum absolute atomic E-state index is 6.55. The van der Waals surface area contributed by atoms with Gasteiger partial charge in [-0.25, -0.2) is 0 Å². The van der Waals surface area contributed by atoms with E-state index in [1.165, 1.54) is 36.9 Å². The Morgan fingerprint density at radius 2 is 1.90 bits per heavy atom. The lowest BCUT2D eigenvalue weighted by Crippen LogP contribution is -2.43. The molecule has 1 fully saturated rings. The fourth-order valence-electron chi connectivity index (χ4n) is 3.16. The normalized spacial score (nSPS) is 18.2. The summed E-state index contributed by atoms with van der Waals surface area (Å²) in [5.74, 6) is 0.752. The lowest BCUT2D eigenvalue weighted by atomic mass is 9.92. The number of rotatable bonds is 8. The van der Waals surface area contributed by atoms with Crippen LogP contribution < -0.4 is 5.73 Å². The van der Waals surface area contributed by atoms with Crippen LogP contribution in [0.1, 0.15) is 63.6 Å². The van der Waals surface area contributed by atoms with Gasteiger partial charge in [0.05, 0.1) is 6.04 Å². The Morgan fingerprint density at radius 1 is 1.24 bits per heavy atom. The first-order valence-corrected chi connectivity index (χ1v) is 8.61.